The van der Waals surface area contributed by atoms with E-state index in [2.05, 4.69) is 0 Å². The fourth-order valence-electron chi connectivity index (χ4n) is 4.19. The SMILES string of the molecule is N#CC1=C(N)N(c2cccc(C(F)(F)F)c2)C2=C(C(=O)CCC2)C1c1ccc(F)cc1. The van der Waals surface area contributed by atoms with E-state index in [0.717, 1.165) is 12.1 Å². The number of alkyl halides is 3. The van der Waals surface area contributed by atoms with Gasteiger partial charge in [0, 0.05) is 23.4 Å². The summed E-state index contributed by atoms with van der Waals surface area (Å²) >= 11 is 0. The number of rotatable bonds is 2. The van der Waals surface area contributed by atoms with Crippen LogP contribution in [0.3, 0.4) is 0 Å². The largest absolute Gasteiger partial charge is 0.416 e. The summed E-state index contributed by atoms with van der Waals surface area (Å²) < 4.78 is 53.3. The number of carbonyl (C=O) groups is 1. The van der Waals surface area contributed by atoms with Crippen LogP contribution in [-0.4, -0.2) is 5.78 Å². The Morgan fingerprint density at radius 3 is 2.45 bits per heavy atom. The zero-order chi connectivity index (χ0) is 22.3. The lowest BCUT2D eigenvalue weighted by atomic mass is 9.75. The van der Waals surface area contributed by atoms with Gasteiger partial charge in [-0.3, -0.25) is 9.69 Å². The lowest BCUT2D eigenvalue weighted by Gasteiger charge is -2.39. The molecule has 0 amide bonds. The van der Waals surface area contributed by atoms with Crippen molar-refractivity contribution in [2.45, 2.75) is 31.4 Å². The van der Waals surface area contributed by atoms with Crippen LogP contribution in [0.15, 0.2) is 71.2 Å². The summed E-state index contributed by atoms with van der Waals surface area (Å²) in [5.74, 6) is -1.50. The third kappa shape index (κ3) is 3.56. The summed E-state index contributed by atoms with van der Waals surface area (Å²) in [5, 5.41) is 9.87. The molecule has 2 aliphatic rings. The van der Waals surface area contributed by atoms with Crippen LogP contribution < -0.4 is 10.6 Å². The van der Waals surface area contributed by atoms with Gasteiger partial charge in [-0.2, -0.15) is 18.4 Å². The van der Waals surface area contributed by atoms with E-state index in [0.29, 0.717) is 29.7 Å². The van der Waals surface area contributed by atoms with Gasteiger partial charge in [-0.05, 0) is 48.7 Å². The third-order valence-corrected chi connectivity index (χ3v) is 5.55. The lowest BCUT2D eigenvalue weighted by Crippen LogP contribution is -2.38. The minimum atomic E-state index is -4.56. The Hall–Kier alpha value is -3.60. The minimum absolute atomic E-state index is 0.0374. The number of nitriles is 1. The van der Waals surface area contributed by atoms with Crippen molar-refractivity contribution in [3.05, 3.63) is 88.1 Å². The molecule has 8 heteroatoms. The maximum atomic E-state index is 13.5. The Kier molecular flexibility index (Phi) is 5.05. The monoisotopic (exact) mass is 427 g/mol. The first-order chi connectivity index (χ1) is 14.7. The van der Waals surface area contributed by atoms with Crippen molar-refractivity contribution in [1.29, 1.82) is 5.26 Å². The van der Waals surface area contributed by atoms with E-state index in [1.54, 1.807) is 0 Å². The number of nitrogens with two attached hydrogens (primary N) is 1. The molecule has 1 unspecified atom stereocenters. The van der Waals surface area contributed by atoms with Crippen LogP contribution in [0.1, 0.15) is 36.3 Å². The Morgan fingerprint density at radius 1 is 1.10 bits per heavy atom. The molecule has 1 atom stereocenters. The van der Waals surface area contributed by atoms with Crippen molar-refractivity contribution in [2.75, 3.05) is 4.90 Å². The first kappa shape index (κ1) is 20.7. The topological polar surface area (TPSA) is 70.1 Å². The molecule has 2 N–H and O–H groups in total. The maximum Gasteiger partial charge on any atom is 0.416 e. The van der Waals surface area contributed by atoms with Crippen LogP contribution in [-0.2, 0) is 11.0 Å². The highest BCUT2D eigenvalue weighted by atomic mass is 19.4. The van der Waals surface area contributed by atoms with E-state index in [1.807, 2.05) is 6.07 Å². The molecular weight excluding hydrogens is 410 g/mol. The van der Waals surface area contributed by atoms with Gasteiger partial charge >= 0.3 is 6.18 Å². The highest BCUT2D eigenvalue weighted by molar-refractivity contribution is 6.01. The Bertz CT molecular complexity index is 1160. The Balaban J connectivity index is 1.94. The van der Waals surface area contributed by atoms with Gasteiger partial charge in [-0.15, -0.1) is 0 Å². The molecular formula is C23H17F4N3O. The molecule has 2 aromatic carbocycles. The molecule has 4 nitrogen and oxygen atoms in total. The fourth-order valence-corrected chi connectivity index (χ4v) is 4.19. The van der Waals surface area contributed by atoms with Crippen LogP contribution in [0.5, 0.6) is 0 Å². The highest BCUT2D eigenvalue weighted by Crippen LogP contribution is 2.46. The first-order valence-electron chi connectivity index (χ1n) is 9.61. The summed E-state index contributed by atoms with van der Waals surface area (Å²) in [6.45, 7) is 0. The van der Waals surface area contributed by atoms with Gasteiger partial charge in [0.15, 0.2) is 5.78 Å². The van der Waals surface area contributed by atoms with Gasteiger partial charge in [0.1, 0.15) is 11.6 Å². The Morgan fingerprint density at radius 2 is 1.81 bits per heavy atom. The molecule has 1 aliphatic heterocycles. The molecule has 158 valence electrons. The highest BCUT2D eigenvalue weighted by Gasteiger charge is 2.41. The van der Waals surface area contributed by atoms with Gasteiger partial charge in [0.2, 0.25) is 0 Å². The second-order valence-electron chi connectivity index (χ2n) is 7.42. The van der Waals surface area contributed by atoms with E-state index in [1.165, 1.54) is 41.3 Å². The average molecular weight is 427 g/mol. The number of nitrogens with zero attached hydrogens (tertiary/aromatic N) is 2. The number of Topliss-reactive ketones (excluding diaryl/α,β-unsaturated/α-hetero) is 1. The summed E-state index contributed by atoms with van der Waals surface area (Å²) in [4.78, 5) is 14.3. The molecule has 0 radical (unpaired) electrons. The van der Waals surface area contributed by atoms with Gasteiger partial charge in [-0.1, -0.05) is 18.2 Å². The quantitative estimate of drug-likeness (QED) is 0.673. The normalized spacial score (nSPS) is 19.4. The van der Waals surface area contributed by atoms with Crippen molar-refractivity contribution < 1.29 is 22.4 Å². The number of ketones is 1. The predicted molar refractivity (Wildman–Crippen MR) is 106 cm³/mol. The molecule has 0 fully saturated rings. The van der Waals surface area contributed by atoms with Crippen molar-refractivity contribution in [1.82, 2.24) is 0 Å². The molecule has 0 saturated carbocycles. The van der Waals surface area contributed by atoms with Crippen molar-refractivity contribution in [3.63, 3.8) is 0 Å². The van der Waals surface area contributed by atoms with E-state index in [-0.39, 0.29) is 29.3 Å². The number of carbonyl (C=O) groups excluding carboxylic acids is 1. The van der Waals surface area contributed by atoms with E-state index >= 15 is 0 Å². The predicted octanol–water partition coefficient (Wildman–Crippen LogP) is 5.15. The molecule has 0 saturated heterocycles. The minimum Gasteiger partial charge on any atom is -0.384 e. The fraction of sp³-hybridized carbons (Fsp3) is 0.217. The summed E-state index contributed by atoms with van der Waals surface area (Å²) in [5.41, 5.74) is 6.94. The van der Waals surface area contributed by atoms with Crippen molar-refractivity contribution in [3.8, 4) is 6.07 Å². The van der Waals surface area contributed by atoms with Crippen LogP contribution in [0.2, 0.25) is 0 Å². The van der Waals surface area contributed by atoms with E-state index in [9.17, 15) is 27.6 Å². The number of benzene rings is 2. The smallest absolute Gasteiger partial charge is 0.384 e. The molecule has 0 aromatic heterocycles. The number of anilines is 1. The van der Waals surface area contributed by atoms with Crippen molar-refractivity contribution in [2.24, 2.45) is 5.73 Å². The first-order valence-corrected chi connectivity index (χ1v) is 9.61. The summed E-state index contributed by atoms with van der Waals surface area (Å²) in [7, 11) is 0. The maximum absolute atomic E-state index is 13.5. The van der Waals surface area contributed by atoms with E-state index in [4.69, 9.17) is 5.73 Å². The second kappa shape index (κ2) is 7.58. The zero-order valence-corrected chi connectivity index (χ0v) is 16.2. The van der Waals surface area contributed by atoms with Crippen LogP contribution in [0.25, 0.3) is 0 Å². The average Bonchev–Trinajstić information content (AvgIpc) is 2.73. The second-order valence-corrected chi connectivity index (χ2v) is 7.42. The van der Waals surface area contributed by atoms with Gasteiger partial charge in [-0.25, -0.2) is 4.39 Å². The van der Waals surface area contributed by atoms with Gasteiger partial charge in [0.05, 0.1) is 23.1 Å². The number of hydrogen-bond donors (Lipinski definition) is 1. The zero-order valence-electron chi connectivity index (χ0n) is 16.2. The summed E-state index contributed by atoms with van der Waals surface area (Å²) in [6.07, 6.45) is -3.38. The molecule has 4 rings (SSSR count). The molecule has 31 heavy (non-hydrogen) atoms. The molecule has 2 aromatic rings. The Labute approximate surface area is 175 Å². The molecule has 0 bridgehead atoms. The standard InChI is InChI=1S/C23H17F4N3O/c24-15-9-7-13(8-10-15)20-17(12-28)22(29)30(18-5-2-6-19(31)21(18)20)16-4-1-3-14(11-16)23(25,26)27/h1,3-4,7-11,20H,2,5-6,29H2. The van der Waals surface area contributed by atoms with Gasteiger partial charge in [0.25, 0.3) is 0 Å². The molecule has 1 aliphatic carbocycles. The van der Waals surface area contributed by atoms with Crippen LogP contribution >= 0.6 is 0 Å². The number of halogens is 4. The third-order valence-electron chi connectivity index (χ3n) is 5.55. The van der Waals surface area contributed by atoms with Crippen molar-refractivity contribution >= 4 is 11.5 Å². The summed E-state index contributed by atoms with van der Waals surface area (Å²) in [6, 6.07) is 12.1. The van der Waals surface area contributed by atoms with Gasteiger partial charge < -0.3 is 5.73 Å². The number of hydrogen-bond acceptors (Lipinski definition) is 4. The van der Waals surface area contributed by atoms with Crippen LogP contribution in [0.4, 0.5) is 23.2 Å². The van der Waals surface area contributed by atoms with Crippen LogP contribution in [0, 0.1) is 17.1 Å². The van der Waals surface area contributed by atoms with E-state index < -0.39 is 23.5 Å². The molecule has 1 heterocycles. The lowest BCUT2D eigenvalue weighted by molar-refractivity contribution is -0.137. The molecule has 0 spiro atoms. The number of allylic oxidation sites excluding steroid dienone is 3.